The Morgan fingerprint density at radius 1 is 1.33 bits per heavy atom. The van der Waals surface area contributed by atoms with E-state index in [4.69, 9.17) is 0 Å². The molecule has 2 heterocycles. The van der Waals surface area contributed by atoms with Crippen molar-refractivity contribution in [1.29, 1.82) is 0 Å². The highest BCUT2D eigenvalue weighted by atomic mass is 19.1. The molecule has 0 atom stereocenters. The zero-order valence-electron chi connectivity index (χ0n) is 6.16. The molecular formula is C8H6FN3. The predicted molar refractivity (Wildman–Crippen MR) is 41.8 cm³/mol. The molecule has 4 heteroatoms. The maximum atomic E-state index is 12.9. The van der Waals surface area contributed by atoms with Crippen LogP contribution < -0.4 is 0 Å². The van der Waals surface area contributed by atoms with Crippen molar-refractivity contribution in [3.05, 3.63) is 36.5 Å². The summed E-state index contributed by atoms with van der Waals surface area (Å²) >= 11 is 0. The van der Waals surface area contributed by atoms with Gasteiger partial charge >= 0.3 is 0 Å². The molecule has 3 nitrogen and oxygen atoms in total. The van der Waals surface area contributed by atoms with Gasteiger partial charge in [0.15, 0.2) is 0 Å². The quantitative estimate of drug-likeness (QED) is 0.693. The second-order valence-electron chi connectivity index (χ2n) is 2.31. The SMILES string of the molecule is Fc1[nH]ncc1-c1ccccn1. The van der Waals surface area contributed by atoms with Crippen LogP contribution in [0.5, 0.6) is 0 Å². The Bertz CT molecular complexity index is 369. The molecule has 2 rings (SSSR count). The van der Waals surface area contributed by atoms with Crippen molar-refractivity contribution in [2.24, 2.45) is 0 Å². The van der Waals surface area contributed by atoms with Gasteiger partial charge in [0.05, 0.1) is 17.5 Å². The first-order valence-electron chi connectivity index (χ1n) is 3.48. The minimum Gasteiger partial charge on any atom is -0.256 e. The monoisotopic (exact) mass is 163 g/mol. The largest absolute Gasteiger partial charge is 0.256 e. The average Bonchev–Trinajstić information content (AvgIpc) is 2.53. The molecule has 0 amide bonds. The summed E-state index contributed by atoms with van der Waals surface area (Å²) in [5.74, 6) is -0.450. The first-order valence-corrected chi connectivity index (χ1v) is 3.48. The van der Waals surface area contributed by atoms with Gasteiger partial charge in [-0.3, -0.25) is 10.1 Å². The molecule has 0 aliphatic rings. The van der Waals surface area contributed by atoms with Gasteiger partial charge in [0.1, 0.15) is 0 Å². The van der Waals surface area contributed by atoms with Crippen molar-refractivity contribution in [3.63, 3.8) is 0 Å². The fraction of sp³-hybridized carbons (Fsp3) is 0. The van der Waals surface area contributed by atoms with E-state index >= 15 is 0 Å². The number of hydrogen-bond acceptors (Lipinski definition) is 2. The molecule has 2 aromatic heterocycles. The van der Waals surface area contributed by atoms with E-state index in [1.807, 2.05) is 0 Å². The van der Waals surface area contributed by atoms with E-state index in [0.29, 0.717) is 11.3 Å². The molecule has 0 fully saturated rings. The van der Waals surface area contributed by atoms with Crippen LogP contribution in [0.25, 0.3) is 11.3 Å². The van der Waals surface area contributed by atoms with Gasteiger partial charge in [-0.25, -0.2) is 0 Å². The third kappa shape index (κ3) is 1.07. The lowest BCUT2D eigenvalue weighted by atomic mass is 10.2. The highest BCUT2D eigenvalue weighted by Crippen LogP contribution is 2.16. The van der Waals surface area contributed by atoms with Crippen molar-refractivity contribution >= 4 is 0 Å². The Hall–Kier alpha value is -1.71. The first kappa shape index (κ1) is 6.97. The number of nitrogens with one attached hydrogen (secondary N) is 1. The van der Waals surface area contributed by atoms with Crippen LogP contribution in [-0.4, -0.2) is 15.2 Å². The van der Waals surface area contributed by atoms with Crippen molar-refractivity contribution in [2.45, 2.75) is 0 Å². The zero-order chi connectivity index (χ0) is 8.39. The van der Waals surface area contributed by atoms with E-state index in [9.17, 15) is 4.39 Å². The molecule has 0 saturated carbocycles. The summed E-state index contributed by atoms with van der Waals surface area (Å²) in [6, 6.07) is 5.31. The van der Waals surface area contributed by atoms with Gasteiger partial charge < -0.3 is 0 Å². The molecule has 0 saturated heterocycles. The zero-order valence-corrected chi connectivity index (χ0v) is 6.16. The van der Waals surface area contributed by atoms with E-state index in [0.717, 1.165) is 0 Å². The number of nitrogens with zero attached hydrogens (tertiary/aromatic N) is 2. The molecule has 1 N–H and O–H groups in total. The minimum absolute atomic E-state index is 0.399. The number of pyridine rings is 1. The lowest BCUT2D eigenvalue weighted by Gasteiger charge is -1.93. The van der Waals surface area contributed by atoms with E-state index in [-0.39, 0.29) is 0 Å². The number of rotatable bonds is 1. The molecule has 0 spiro atoms. The van der Waals surface area contributed by atoms with Gasteiger partial charge in [-0.1, -0.05) is 6.07 Å². The van der Waals surface area contributed by atoms with Crippen molar-refractivity contribution in [1.82, 2.24) is 15.2 Å². The summed E-state index contributed by atoms with van der Waals surface area (Å²) in [6.07, 6.45) is 3.03. The van der Waals surface area contributed by atoms with Gasteiger partial charge in [0, 0.05) is 6.20 Å². The molecule has 0 aliphatic carbocycles. The lowest BCUT2D eigenvalue weighted by Crippen LogP contribution is -1.82. The standard InChI is InChI=1S/C8H6FN3/c9-8-6(5-11-12-8)7-3-1-2-4-10-7/h1-5H,(H,11,12). The maximum absolute atomic E-state index is 12.9. The number of aromatic nitrogens is 3. The second kappa shape index (κ2) is 2.73. The number of hydrogen-bond donors (Lipinski definition) is 1. The van der Waals surface area contributed by atoms with Gasteiger partial charge in [-0.2, -0.15) is 9.49 Å². The van der Waals surface area contributed by atoms with Crippen molar-refractivity contribution in [2.75, 3.05) is 0 Å². The summed E-state index contributed by atoms with van der Waals surface area (Å²) in [5.41, 5.74) is 0.986. The Morgan fingerprint density at radius 2 is 2.25 bits per heavy atom. The van der Waals surface area contributed by atoms with Crippen molar-refractivity contribution in [3.8, 4) is 11.3 Å². The normalized spacial score (nSPS) is 10.1. The molecule has 0 unspecified atom stereocenters. The molecule has 0 aromatic carbocycles. The van der Waals surface area contributed by atoms with Crippen LogP contribution in [0.1, 0.15) is 0 Å². The van der Waals surface area contributed by atoms with Crippen LogP contribution in [0.15, 0.2) is 30.6 Å². The minimum atomic E-state index is -0.450. The fourth-order valence-corrected chi connectivity index (χ4v) is 0.971. The van der Waals surface area contributed by atoms with Gasteiger partial charge in [0.25, 0.3) is 0 Å². The summed E-state index contributed by atoms with van der Waals surface area (Å²) in [4.78, 5) is 3.98. The predicted octanol–water partition coefficient (Wildman–Crippen LogP) is 1.61. The van der Waals surface area contributed by atoms with Crippen LogP contribution in [-0.2, 0) is 0 Å². The Balaban J connectivity index is 2.51. The van der Waals surface area contributed by atoms with Crippen LogP contribution in [0.2, 0.25) is 0 Å². The Labute approximate surface area is 68.3 Å². The molecule has 60 valence electrons. The lowest BCUT2D eigenvalue weighted by molar-refractivity contribution is 0.581. The van der Waals surface area contributed by atoms with E-state index in [1.165, 1.54) is 6.20 Å². The molecule has 2 aromatic rings. The molecular weight excluding hydrogens is 157 g/mol. The highest BCUT2D eigenvalue weighted by Gasteiger charge is 2.06. The van der Waals surface area contributed by atoms with Crippen LogP contribution in [0, 0.1) is 5.95 Å². The molecule has 0 aliphatic heterocycles. The van der Waals surface area contributed by atoms with Gasteiger partial charge in [-0.15, -0.1) is 0 Å². The third-order valence-corrected chi connectivity index (χ3v) is 1.53. The van der Waals surface area contributed by atoms with E-state index < -0.39 is 5.95 Å². The first-order chi connectivity index (χ1) is 5.88. The van der Waals surface area contributed by atoms with Crippen molar-refractivity contribution < 1.29 is 4.39 Å². The fourth-order valence-electron chi connectivity index (χ4n) is 0.971. The Kier molecular flexibility index (Phi) is 1.59. The summed E-state index contributed by atoms with van der Waals surface area (Å²) in [6.45, 7) is 0. The van der Waals surface area contributed by atoms with Crippen LogP contribution >= 0.6 is 0 Å². The molecule has 0 bridgehead atoms. The van der Waals surface area contributed by atoms with Crippen LogP contribution in [0.4, 0.5) is 4.39 Å². The average molecular weight is 163 g/mol. The Morgan fingerprint density at radius 3 is 2.83 bits per heavy atom. The molecule has 0 radical (unpaired) electrons. The second-order valence-corrected chi connectivity index (χ2v) is 2.31. The third-order valence-electron chi connectivity index (χ3n) is 1.53. The summed E-state index contributed by atoms with van der Waals surface area (Å²) in [7, 11) is 0. The summed E-state index contributed by atoms with van der Waals surface area (Å²) < 4.78 is 12.9. The number of H-pyrrole nitrogens is 1. The molecule has 12 heavy (non-hydrogen) atoms. The summed E-state index contributed by atoms with van der Waals surface area (Å²) in [5, 5.41) is 5.77. The smallest absolute Gasteiger partial charge is 0.218 e. The maximum Gasteiger partial charge on any atom is 0.218 e. The van der Waals surface area contributed by atoms with Gasteiger partial charge in [0.2, 0.25) is 5.95 Å². The van der Waals surface area contributed by atoms with Gasteiger partial charge in [-0.05, 0) is 12.1 Å². The topological polar surface area (TPSA) is 41.6 Å². The highest BCUT2D eigenvalue weighted by molar-refractivity contribution is 5.56. The van der Waals surface area contributed by atoms with E-state index in [2.05, 4.69) is 15.2 Å². The van der Waals surface area contributed by atoms with E-state index in [1.54, 1.807) is 24.4 Å². The van der Waals surface area contributed by atoms with Crippen LogP contribution in [0.3, 0.4) is 0 Å². The number of aromatic amines is 1. The number of halogens is 1.